The van der Waals surface area contributed by atoms with Crippen molar-refractivity contribution < 1.29 is 4.74 Å². The first-order valence-corrected chi connectivity index (χ1v) is 5.82. The van der Waals surface area contributed by atoms with Gasteiger partial charge in [-0.05, 0) is 25.0 Å². The molecule has 1 rings (SSSR count). The third-order valence-electron chi connectivity index (χ3n) is 3.28. The van der Waals surface area contributed by atoms with Crippen LogP contribution in [0, 0.1) is 17.2 Å². The SMILES string of the molecule is COc1ccc(C#N)c(N(C)C(C)C(C)C)c1. The van der Waals surface area contributed by atoms with Crippen molar-refractivity contribution in [1.82, 2.24) is 0 Å². The maximum atomic E-state index is 9.13. The van der Waals surface area contributed by atoms with E-state index in [9.17, 15) is 0 Å². The molecule has 0 amide bonds. The van der Waals surface area contributed by atoms with E-state index in [1.54, 1.807) is 13.2 Å². The van der Waals surface area contributed by atoms with Crippen molar-refractivity contribution in [2.75, 3.05) is 19.1 Å². The van der Waals surface area contributed by atoms with E-state index in [1.807, 2.05) is 19.2 Å². The van der Waals surface area contributed by atoms with Crippen LogP contribution in [0.2, 0.25) is 0 Å². The summed E-state index contributed by atoms with van der Waals surface area (Å²) in [6.45, 7) is 6.51. The molecule has 17 heavy (non-hydrogen) atoms. The summed E-state index contributed by atoms with van der Waals surface area (Å²) in [5, 5.41) is 9.13. The van der Waals surface area contributed by atoms with Crippen LogP contribution in [-0.4, -0.2) is 20.2 Å². The van der Waals surface area contributed by atoms with E-state index in [2.05, 4.69) is 31.7 Å². The van der Waals surface area contributed by atoms with E-state index in [4.69, 9.17) is 10.00 Å². The van der Waals surface area contributed by atoms with Crippen LogP contribution >= 0.6 is 0 Å². The first-order chi connectivity index (χ1) is 8.01. The minimum Gasteiger partial charge on any atom is -0.497 e. The monoisotopic (exact) mass is 232 g/mol. The number of methoxy groups -OCH3 is 1. The third-order valence-corrected chi connectivity index (χ3v) is 3.28. The van der Waals surface area contributed by atoms with Crippen LogP contribution in [0.1, 0.15) is 26.3 Å². The molecule has 1 aromatic carbocycles. The highest BCUT2D eigenvalue weighted by Gasteiger charge is 2.17. The van der Waals surface area contributed by atoms with Crippen molar-refractivity contribution in [1.29, 1.82) is 5.26 Å². The Labute approximate surface area is 104 Å². The van der Waals surface area contributed by atoms with Crippen LogP contribution in [0.3, 0.4) is 0 Å². The number of anilines is 1. The Morgan fingerprint density at radius 1 is 1.29 bits per heavy atom. The summed E-state index contributed by atoms with van der Waals surface area (Å²) < 4.78 is 5.21. The van der Waals surface area contributed by atoms with Crippen molar-refractivity contribution in [3.63, 3.8) is 0 Å². The topological polar surface area (TPSA) is 36.3 Å². The van der Waals surface area contributed by atoms with Gasteiger partial charge in [0.1, 0.15) is 11.8 Å². The van der Waals surface area contributed by atoms with Gasteiger partial charge in [0.25, 0.3) is 0 Å². The summed E-state index contributed by atoms with van der Waals surface area (Å²) in [4.78, 5) is 2.13. The van der Waals surface area contributed by atoms with E-state index >= 15 is 0 Å². The average Bonchev–Trinajstić information content (AvgIpc) is 2.35. The van der Waals surface area contributed by atoms with Gasteiger partial charge in [-0.3, -0.25) is 0 Å². The lowest BCUT2D eigenvalue weighted by Gasteiger charge is -2.30. The van der Waals surface area contributed by atoms with Gasteiger partial charge in [-0.2, -0.15) is 5.26 Å². The first kappa shape index (κ1) is 13.4. The fourth-order valence-corrected chi connectivity index (χ4v) is 1.69. The molecular weight excluding hydrogens is 212 g/mol. The molecule has 92 valence electrons. The van der Waals surface area contributed by atoms with Gasteiger partial charge in [0.15, 0.2) is 0 Å². The third kappa shape index (κ3) is 2.91. The number of hydrogen-bond acceptors (Lipinski definition) is 3. The molecule has 1 unspecified atom stereocenters. The number of hydrogen-bond donors (Lipinski definition) is 0. The van der Waals surface area contributed by atoms with Crippen molar-refractivity contribution in [3.05, 3.63) is 23.8 Å². The second kappa shape index (κ2) is 5.58. The van der Waals surface area contributed by atoms with Crippen LogP contribution in [0.25, 0.3) is 0 Å². The molecule has 0 fully saturated rings. The molecular formula is C14H20N2O. The Kier molecular flexibility index (Phi) is 4.39. The molecule has 3 nitrogen and oxygen atoms in total. The Balaban J connectivity index is 3.14. The van der Waals surface area contributed by atoms with Gasteiger partial charge < -0.3 is 9.64 Å². The Bertz CT molecular complexity index is 421. The Morgan fingerprint density at radius 3 is 2.41 bits per heavy atom. The Hall–Kier alpha value is -1.69. The highest BCUT2D eigenvalue weighted by molar-refractivity contribution is 5.62. The maximum Gasteiger partial charge on any atom is 0.121 e. The van der Waals surface area contributed by atoms with Gasteiger partial charge in [0, 0.05) is 19.2 Å². The molecule has 3 heteroatoms. The molecule has 1 aromatic rings. The van der Waals surface area contributed by atoms with Crippen molar-refractivity contribution >= 4 is 5.69 Å². The van der Waals surface area contributed by atoms with Crippen LogP contribution < -0.4 is 9.64 Å². The summed E-state index contributed by atoms with van der Waals surface area (Å²) >= 11 is 0. The van der Waals surface area contributed by atoms with Crippen LogP contribution in [0.4, 0.5) is 5.69 Å². The number of nitrogens with zero attached hydrogens (tertiary/aromatic N) is 2. The van der Waals surface area contributed by atoms with Gasteiger partial charge >= 0.3 is 0 Å². The fourth-order valence-electron chi connectivity index (χ4n) is 1.69. The smallest absolute Gasteiger partial charge is 0.121 e. The molecule has 0 N–H and O–H groups in total. The molecule has 0 aromatic heterocycles. The molecule has 0 saturated carbocycles. The summed E-state index contributed by atoms with van der Waals surface area (Å²) in [6, 6.07) is 8.13. The Morgan fingerprint density at radius 2 is 1.94 bits per heavy atom. The summed E-state index contributed by atoms with van der Waals surface area (Å²) in [7, 11) is 3.65. The van der Waals surface area contributed by atoms with Gasteiger partial charge in [0.05, 0.1) is 18.4 Å². The lowest BCUT2D eigenvalue weighted by atomic mass is 10.0. The van der Waals surface area contributed by atoms with Crippen LogP contribution in [0.15, 0.2) is 18.2 Å². The quantitative estimate of drug-likeness (QED) is 0.800. The zero-order valence-electron chi connectivity index (χ0n) is 11.2. The summed E-state index contributed by atoms with van der Waals surface area (Å²) in [6.07, 6.45) is 0. The largest absolute Gasteiger partial charge is 0.497 e. The highest BCUT2D eigenvalue weighted by atomic mass is 16.5. The predicted molar refractivity (Wildman–Crippen MR) is 70.4 cm³/mol. The second-order valence-electron chi connectivity index (χ2n) is 4.59. The van der Waals surface area contributed by atoms with E-state index < -0.39 is 0 Å². The van der Waals surface area contributed by atoms with Crippen molar-refractivity contribution in [2.45, 2.75) is 26.8 Å². The highest BCUT2D eigenvalue weighted by Crippen LogP contribution is 2.27. The predicted octanol–water partition coefficient (Wildman–Crippen LogP) is 3.05. The molecule has 1 atom stereocenters. The maximum absolute atomic E-state index is 9.13. The second-order valence-corrected chi connectivity index (χ2v) is 4.59. The number of ether oxygens (including phenoxy) is 1. The molecule has 0 bridgehead atoms. The van der Waals surface area contributed by atoms with E-state index in [1.165, 1.54) is 0 Å². The normalized spacial score (nSPS) is 12.1. The standard InChI is InChI=1S/C14H20N2O/c1-10(2)11(3)16(4)14-8-13(17-5)7-6-12(14)9-15/h6-8,10-11H,1-5H3. The summed E-state index contributed by atoms with van der Waals surface area (Å²) in [5.41, 5.74) is 1.61. The minimum absolute atomic E-state index is 0.370. The molecule has 0 radical (unpaired) electrons. The van der Waals surface area contributed by atoms with Gasteiger partial charge in [-0.15, -0.1) is 0 Å². The number of nitriles is 1. The lowest BCUT2D eigenvalue weighted by Crippen LogP contribution is -2.33. The molecule has 0 saturated heterocycles. The molecule has 0 aliphatic heterocycles. The van der Waals surface area contributed by atoms with E-state index in [0.717, 1.165) is 11.4 Å². The van der Waals surface area contributed by atoms with E-state index in [-0.39, 0.29) is 0 Å². The average molecular weight is 232 g/mol. The molecule has 0 heterocycles. The van der Waals surface area contributed by atoms with E-state index in [0.29, 0.717) is 17.5 Å². The fraction of sp³-hybridized carbons (Fsp3) is 0.500. The lowest BCUT2D eigenvalue weighted by molar-refractivity contribution is 0.414. The molecule has 0 aliphatic rings. The molecule has 0 aliphatic carbocycles. The first-order valence-electron chi connectivity index (χ1n) is 5.82. The zero-order valence-corrected chi connectivity index (χ0v) is 11.2. The number of rotatable bonds is 4. The van der Waals surface area contributed by atoms with Crippen molar-refractivity contribution in [3.8, 4) is 11.8 Å². The van der Waals surface area contributed by atoms with Gasteiger partial charge in [-0.1, -0.05) is 13.8 Å². The number of benzene rings is 1. The van der Waals surface area contributed by atoms with Crippen LogP contribution in [-0.2, 0) is 0 Å². The van der Waals surface area contributed by atoms with Gasteiger partial charge in [-0.25, -0.2) is 0 Å². The molecule has 0 spiro atoms. The zero-order chi connectivity index (χ0) is 13.0. The summed E-state index contributed by atoms with van der Waals surface area (Å²) in [5.74, 6) is 1.31. The van der Waals surface area contributed by atoms with Crippen molar-refractivity contribution in [2.24, 2.45) is 5.92 Å². The van der Waals surface area contributed by atoms with Crippen LogP contribution in [0.5, 0.6) is 5.75 Å². The van der Waals surface area contributed by atoms with Gasteiger partial charge in [0.2, 0.25) is 0 Å². The minimum atomic E-state index is 0.370.